The number of carboxylic acids is 1. The van der Waals surface area contributed by atoms with Crippen LogP contribution < -0.4 is 0 Å². The fraction of sp³-hybridized carbons (Fsp3) is 0.455. The van der Waals surface area contributed by atoms with Crippen molar-refractivity contribution >= 4 is 11.9 Å². The van der Waals surface area contributed by atoms with Crippen LogP contribution in [0.15, 0.2) is 25.3 Å². The molecule has 0 atom stereocenters. The minimum absolute atomic E-state index is 0.0752. The van der Waals surface area contributed by atoms with Gasteiger partial charge in [0.05, 0.1) is 0 Å². The average molecular weight is 319 g/mol. The molecule has 0 aliphatic rings. The maximum Gasteiger partial charge on any atom is 0.411 e. The Hall–Kier alpha value is -2.00. The molecule has 0 saturated heterocycles. The zero-order valence-electron chi connectivity index (χ0n) is 10.5. The highest BCUT2D eigenvalue weighted by atomic mass is 19.3. The van der Waals surface area contributed by atoms with E-state index in [1.807, 2.05) is 0 Å². The Bertz CT molecular complexity index is 439. The number of carboxylic acid groups (broad SMARTS) is 1. The maximum absolute atomic E-state index is 13.4. The summed E-state index contributed by atoms with van der Waals surface area (Å²) in [5.74, 6) is -24.6. The molecule has 1 amide bonds. The predicted molar refractivity (Wildman–Crippen MR) is 59.5 cm³/mol. The van der Waals surface area contributed by atoms with E-state index in [4.69, 9.17) is 5.11 Å². The van der Waals surface area contributed by atoms with E-state index in [-0.39, 0.29) is 4.90 Å². The number of alkyl halides is 6. The fourth-order valence-electron chi connectivity index (χ4n) is 1.22. The highest BCUT2D eigenvalue weighted by Gasteiger charge is 2.78. The van der Waals surface area contributed by atoms with E-state index in [1.54, 1.807) is 0 Å². The molecule has 0 bridgehead atoms. The highest BCUT2D eigenvalue weighted by molar-refractivity contribution is 5.87. The van der Waals surface area contributed by atoms with Crippen molar-refractivity contribution in [3.8, 4) is 0 Å². The van der Waals surface area contributed by atoms with Crippen LogP contribution >= 0.6 is 0 Å². The van der Waals surface area contributed by atoms with Gasteiger partial charge in [0.1, 0.15) is 0 Å². The number of rotatable bonds is 8. The summed E-state index contributed by atoms with van der Waals surface area (Å²) in [6, 6.07) is 0. The van der Waals surface area contributed by atoms with Crippen LogP contribution in [0, 0.1) is 0 Å². The summed E-state index contributed by atoms with van der Waals surface area (Å²) in [5, 5.41) is 7.95. The molecule has 1 N–H and O–H groups in total. The minimum Gasteiger partial charge on any atom is -0.477 e. The fourth-order valence-corrected chi connectivity index (χ4v) is 1.22. The third-order valence-corrected chi connectivity index (χ3v) is 2.31. The molecule has 0 aromatic heterocycles. The lowest BCUT2D eigenvalue weighted by Crippen LogP contribution is -2.63. The topological polar surface area (TPSA) is 57.6 Å². The third kappa shape index (κ3) is 3.19. The van der Waals surface area contributed by atoms with Crippen LogP contribution in [0.25, 0.3) is 0 Å². The molecule has 0 aromatic carbocycles. The molecule has 21 heavy (non-hydrogen) atoms. The number of hydrogen-bond donors (Lipinski definition) is 1. The second-order valence-corrected chi connectivity index (χ2v) is 3.82. The monoisotopic (exact) mass is 319 g/mol. The van der Waals surface area contributed by atoms with Crippen LogP contribution in [-0.4, -0.2) is 52.7 Å². The molecule has 0 radical (unpaired) electrons. The molecular formula is C11H11F6NO3. The minimum atomic E-state index is -6.41. The third-order valence-electron chi connectivity index (χ3n) is 2.31. The summed E-state index contributed by atoms with van der Waals surface area (Å²) in [6.07, 6.45) is 1.79. The van der Waals surface area contributed by atoms with E-state index >= 15 is 0 Å². The van der Waals surface area contributed by atoms with Gasteiger partial charge in [-0.25, -0.2) is 4.79 Å². The van der Waals surface area contributed by atoms with E-state index in [2.05, 4.69) is 13.2 Å². The van der Waals surface area contributed by atoms with E-state index < -0.39 is 42.7 Å². The molecule has 120 valence electrons. The average Bonchev–Trinajstić information content (AvgIpc) is 2.36. The Balaban J connectivity index is 5.71. The van der Waals surface area contributed by atoms with Gasteiger partial charge in [-0.05, 0) is 0 Å². The van der Waals surface area contributed by atoms with Crippen molar-refractivity contribution < 1.29 is 41.0 Å². The van der Waals surface area contributed by atoms with Crippen LogP contribution in [0.4, 0.5) is 26.3 Å². The Morgan fingerprint density at radius 2 is 1.33 bits per heavy atom. The Labute approximate surface area is 115 Å². The number of hydrogen-bond acceptors (Lipinski definition) is 2. The van der Waals surface area contributed by atoms with Crippen molar-refractivity contribution in [1.82, 2.24) is 4.90 Å². The van der Waals surface area contributed by atoms with Crippen molar-refractivity contribution in [1.29, 1.82) is 0 Å². The maximum atomic E-state index is 13.4. The summed E-state index contributed by atoms with van der Waals surface area (Å²) in [6.45, 7) is 4.88. The first kappa shape index (κ1) is 19.0. The second kappa shape index (κ2) is 6.19. The summed E-state index contributed by atoms with van der Waals surface area (Å²) in [5.41, 5.74) is 0. The molecule has 0 unspecified atom stereocenters. The summed E-state index contributed by atoms with van der Waals surface area (Å²) >= 11 is 0. The molecule has 10 heteroatoms. The predicted octanol–water partition coefficient (Wildman–Crippen LogP) is 2.18. The molecule has 0 saturated carbocycles. The first-order valence-electron chi connectivity index (χ1n) is 5.25. The first-order valence-corrected chi connectivity index (χ1v) is 5.25. The van der Waals surface area contributed by atoms with E-state index in [9.17, 15) is 35.9 Å². The van der Waals surface area contributed by atoms with E-state index in [0.29, 0.717) is 0 Å². The Kier molecular flexibility index (Phi) is 5.60. The van der Waals surface area contributed by atoms with Gasteiger partial charge in [-0.2, -0.15) is 26.3 Å². The van der Waals surface area contributed by atoms with Gasteiger partial charge in [0, 0.05) is 13.1 Å². The molecule has 0 heterocycles. The summed E-state index contributed by atoms with van der Waals surface area (Å²) in [4.78, 5) is 21.4. The first-order chi connectivity index (χ1) is 9.37. The number of amides is 1. The van der Waals surface area contributed by atoms with E-state index in [0.717, 1.165) is 12.2 Å². The van der Waals surface area contributed by atoms with Crippen molar-refractivity contribution in [3.05, 3.63) is 25.3 Å². The molecule has 0 fully saturated rings. The molecule has 0 aliphatic carbocycles. The Morgan fingerprint density at radius 1 is 0.952 bits per heavy atom. The zero-order valence-corrected chi connectivity index (χ0v) is 10.5. The number of halogens is 6. The van der Waals surface area contributed by atoms with Gasteiger partial charge in [0.15, 0.2) is 0 Å². The van der Waals surface area contributed by atoms with Crippen LogP contribution in [0.3, 0.4) is 0 Å². The lowest BCUT2D eigenvalue weighted by Gasteiger charge is -2.32. The van der Waals surface area contributed by atoms with Gasteiger partial charge in [-0.1, -0.05) is 12.2 Å². The quantitative estimate of drug-likeness (QED) is 0.551. The number of nitrogens with zero attached hydrogens (tertiary/aromatic N) is 1. The molecule has 0 aliphatic heterocycles. The van der Waals surface area contributed by atoms with Crippen molar-refractivity contribution in [3.63, 3.8) is 0 Å². The summed E-state index contributed by atoms with van der Waals surface area (Å²) in [7, 11) is 0. The smallest absolute Gasteiger partial charge is 0.411 e. The normalized spacial score (nSPS) is 12.7. The van der Waals surface area contributed by atoms with Crippen LogP contribution in [0.1, 0.15) is 0 Å². The van der Waals surface area contributed by atoms with Crippen molar-refractivity contribution in [2.45, 2.75) is 17.8 Å². The second-order valence-electron chi connectivity index (χ2n) is 3.82. The van der Waals surface area contributed by atoms with Gasteiger partial charge in [-0.15, -0.1) is 13.2 Å². The number of aliphatic carboxylic acids is 1. The zero-order chi connectivity index (χ0) is 17.1. The van der Waals surface area contributed by atoms with Crippen molar-refractivity contribution in [2.24, 2.45) is 0 Å². The molecular weight excluding hydrogens is 308 g/mol. The van der Waals surface area contributed by atoms with Crippen LogP contribution in [0.5, 0.6) is 0 Å². The molecule has 0 spiro atoms. The van der Waals surface area contributed by atoms with Crippen molar-refractivity contribution in [2.75, 3.05) is 13.1 Å². The Morgan fingerprint density at radius 3 is 1.62 bits per heavy atom. The van der Waals surface area contributed by atoms with Crippen LogP contribution in [-0.2, 0) is 9.59 Å². The largest absolute Gasteiger partial charge is 0.477 e. The van der Waals surface area contributed by atoms with Gasteiger partial charge < -0.3 is 10.0 Å². The molecule has 4 nitrogen and oxygen atoms in total. The number of carbonyl (C=O) groups is 2. The van der Waals surface area contributed by atoms with Gasteiger partial charge in [0.2, 0.25) is 0 Å². The molecule has 0 aromatic rings. The van der Waals surface area contributed by atoms with Gasteiger partial charge in [-0.3, -0.25) is 4.79 Å². The van der Waals surface area contributed by atoms with Gasteiger partial charge >= 0.3 is 23.7 Å². The highest BCUT2D eigenvalue weighted by Crippen LogP contribution is 2.46. The number of carbonyl (C=O) groups excluding carboxylic acids is 1. The SMILES string of the molecule is C=CCN(CC=C)C(=O)C(F)(F)C(F)(F)C(F)(F)C(=O)O. The van der Waals surface area contributed by atoms with Gasteiger partial charge in [0.25, 0.3) is 5.91 Å². The lowest BCUT2D eigenvalue weighted by molar-refractivity contribution is -0.295. The van der Waals surface area contributed by atoms with Crippen LogP contribution in [0.2, 0.25) is 0 Å². The molecule has 0 rings (SSSR count). The van der Waals surface area contributed by atoms with E-state index in [1.165, 1.54) is 0 Å². The summed E-state index contributed by atoms with van der Waals surface area (Å²) < 4.78 is 78.6. The standard InChI is InChI=1S/C11H11F6NO3/c1-3-5-18(6-4-2)7(19)9(12,13)11(16,17)10(14,15)8(20)21/h3-4H,1-2,5-6H2,(H,20,21). The lowest BCUT2D eigenvalue weighted by atomic mass is 10.0.